The quantitative estimate of drug-likeness (QED) is 0.217. The molecule has 2 aliphatic carbocycles. The highest BCUT2D eigenvalue weighted by molar-refractivity contribution is 5.80. The predicted octanol–water partition coefficient (Wildman–Crippen LogP) is 6.96. The molecule has 2 fully saturated rings. The Morgan fingerprint density at radius 1 is 1.18 bits per heavy atom. The van der Waals surface area contributed by atoms with Gasteiger partial charge in [0.2, 0.25) is 0 Å². The molecule has 0 N–H and O–H groups in total. The zero-order valence-electron chi connectivity index (χ0n) is 18.5. The van der Waals surface area contributed by atoms with Gasteiger partial charge in [-0.1, -0.05) is 57.4 Å². The molecule has 0 aromatic rings. The number of rotatable bonds is 11. The van der Waals surface area contributed by atoms with E-state index in [-0.39, 0.29) is 5.97 Å². The van der Waals surface area contributed by atoms with Gasteiger partial charge in [0.1, 0.15) is 5.78 Å². The van der Waals surface area contributed by atoms with Crippen LogP contribution in [0.4, 0.5) is 0 Å². The number of carbonyl (C=O) groups is 2. The van der Waals surface area contributed by atoms with Crippen molar-refractivity contribution in [2.75, 3.05) is 7.11 Å². The van der Waals surface area contributed by atoms with Crippen molar-refractivity contribution in [2.45, 2.75) is 104 Å². The second-order valence-electron chi connectivity index (χ2n) is 8.48. The molecule has 2 rings (SSSR count). The molecule has 0 bridgehead atoms. The normalized spacial score (nSPS) is 20.8. The Labute approximate surface area is 173 Å². The van der Waals surface area contributed by atoms with E-state index in [9.17, 15) is 9.59 Å². The molecular formula is C25H42O3. The van der Waals surface area contributed by atoms with Crippen LogP contribution in [0.5, 0.6) is 0 Å². The van der Waals surface area contributed by atoms with Gasteiger partial charge in [0.15, 0.2) is 0 Å². The fourth-order valence-corrected chi connectivity index (χ4v) is 4.05. The van der Waals surface area contributed by atoms with E-state index in [4.69, 9.17) is 0 Å². The molecule has 2 saturated carbocycles. The fourth-order valence-electron chi connectivity index (χ4n) is 4.05. The molecule has 0 saturated heterocycles. The third-order valence-corrected chi connectivity index (χ3v) is 6.10. The minimum atomic E-state index is -0.116. The molecule has 0 radical (unpaired) electrons. The largest absolute Gasteiger partial charge is 0.469 e. The summed E-state index contributed by atoms with van der Waals surface area (Å²) < 4.78 is 4.49. The maximum absolute atomic E-state index is 11.2. The molecule has 0 amide bonds. The number of methoxy groups -OCH3 is 1. The van der Waals surface area contributed by atoms with Crippen molar-refractivity contribution in [3.63, 3.8) is 0 Å². The molecule has 0 aromatic heterocycles. The van der Waals surface area contributed by atoms with Crippen molar-refractivity contribution in [3.8, 4) is 0 Å². The van der Waals surface area contributed by atoms with E-state index in [1.54, 1.807) is 0 Å². The smallest absolute Gasteiger partial charge is 0.305 e. The lowest BCUT2D eigenvalue weighted by molar-refractivity contribution is -0.140. The molecule has 1 atom stereocenters. The first-order chi connectivity index (χ1) is 13.5. The molecule has 0 aromatic carbocycles. The standard InChI is InChI=1S/C16H26O.C9H16O2/c1-2-3-9-16(11-5-12-16)10-4-6-14-7-8-15(17)13-14;1-3-4-5-6-7-8-9(10)11-2/h4,6,14H,2-3,5,7-13H2,1H3;4-5H,3,6-8H2,1-2H3/b6-4+;5-4-. The summed E-state index contributed by atoms with van der Waals surface area (Å²) in [5.74, 6) is 0.907. The van der Waals surface area contributed by atoms with E-state index >= 15 is 0 Å². The zero-order valence-corrected chi connectivity index (χ0v) is 18.5. The first kappa shape index (κ1) is 24.7. The molecule has 2 aliphatic rings. The average Bonchev–Trinajstić information content (AvgIpc) is 3.08. The second kappa shape index (κ2) is 14.6. The third kappa shape index (κ3) is 10.2. The first-order valence-corrected chi connectivity index (χ1v) is 11.5. The monoisotopic (exact) mass is 390 g/mol. The van der Waals surface area contributed by atoms with Crippen molar-refractivity contribution in [2.24, 2.45) is 11.3 Å². The molecule has 1 unspecified atom stereocenters. The van der Waals surface area contributed by atoms with Gasteiger partial charge >= 0.3 is 5.97 Å². The van der Waals surface area contributed by atoms with Crippen LogP contribution in [-0.4, -0.2) is 18.9 Å². The van der Waals surface area contributed by atoms with E-state index < -0.39 is 0 Å². The fraction of sp³-hybridized carbons (Fsp3) is 0.760. The number of Topliss-reactive ketones (excluding diaryl/α,β-unsaturated/α-hetero) is 1. The number of allylic oxidation sites excluding steroid dienone is 4. The highest BCUT2D eigenvalue weighted by atomic mass is 16.5. The van der Waals surface area contributed by atoms with E-state index in [1.165, 1.54) is 52.1 Å². The molecule has 0 heterocycles. The highest BCUT2D eigenvalue weighted by Gasteiger charge is 2.34. The summed E-state index contributed by atoms with van der Waals surface area (Å²) in [5, 5.41) is 0. The lowest BCUT2D eigenvalue weighted by atomic mass is 9.64. The summed E-state index contributed by atoms with van der Waals surface area (Å²) >= 11 is 0. The summed E-state index contributed by atoms with van der Waals surface area (Å²) in [5.41, 5.74) is 0.648. The van der Waals surface area contributed by atoms with Crippen molar-refractivity contribution < 1.29 is 14.3 Å². The molecule has 3 nitrogen and oxygen atoms in total. The van der Waals surface area contributed by atoms with Crippen LogP contribution in [0.3, 0.4) is 0 Å². The molecule has 0 spiro atoms. The minimum absolute atomic E-state index is 0.116. The number of carbonyl (C=O) groups excluding carboxylic acids is 2. The van der Waals surface area contributed by atoms with Gasteiger partial charge in [-0.2, -0.15) is 0 Å². The van der Waals surface area contributed by atoms with E-state index in [0.29, 0.717) is 23.5 Å². The van der Waals surface area contributed by atoms with E-state index in [0.717, 1.165) is 38.5 Å². The van der Waals surface area contributed by atoms with Gasteiger partial charge in [-0.25, -0.2) is 0 Å². The van der Waals surface area contributed by atoms with Gasteiger partial charge < -0.3 is 4.74 Å². The number of ether oxygens (including phenoxy) is 1. The van der Waals surface area contributed by atoms with Gasteiger partial charge in [0.25, 0.3) is 0 Å². The Balaban J connectivity index is 0.000000311. The van der Waals surface area contributed by atoms with Gasteiger partial charge in [-0.05, 0) is 62.7 Å². The summed E-state index contributed by atoms with van der Waals surface area (Å²) in [6, 6.07) is 0. The highest BCUT2D eigenvalue weighted by Crippen LogP contribution is 2.48. The van der Waals surface area contributed by atoms with Crippen molar-refractivity contribution in [1.82, 2.24) is 0 Å². The number of esters is 1. The Morgan fingerprint density at radius 2 is 1.96 bits per heavy atom. The van der Waals surface area contributed by atoms with Crippen LogP contribution in [0.25, 0.3) is 0 Å². The maximum Gasteiger partial charge on any atom is 0.305 e. The topological polar surface area (TPSA) is 43.4 Å². The van der Waals surface area contributed by atoms with Gasteiger partial charge in [-0.15, -0.1) is 0 Å². The van der Waals surface area contributed by atoms with Crippen molar-refractivity contribution in [1.29, 1.82) is 0 Å². The van der Waals surface area contributed by atoms with Crippen LogP contribution in [0, 0.1) is 11.3 Å². The summed E-state index contributed by atoms with van der Waals surface area (Å²) in [6.07, 6.45) is 24.8. The van der Waals surface area contributed by atoms with Crippen molar-refractivity contribution >= 4 is 11.8 Å². The Kier molecular flexibility index (Phi) is 12.9. The minimum Gasteiger partial charge on any atom is -0.469 e. The summed E-state index contributed by atoms with van der Waals surface area (Å²) in [4.78, 5) is 21.8. The number of hydrogen-bond acceptors (Lipinski definition) is 3. The van der Waals surface area contributed by atoms with E-state index in [2.05, 4.69) is 42.9 Å². The van der Waals surface area contributed by atoms with Gasteiger partial charge in [-0.3, -0.25) is 9.59 Å². The third-order valence-electron chi connectivity index (χ3n) is 6.10. The number of hydrogen-bond donors (Lipinski definition) is 0. The Hall–Kier alpha value is -1.38. The van der Waals surface area contributed by atoms with Crippen LogP contribution in [0.2, 0.25) is 0 Å². The summed E-state index contributed by atoms with van der Waals surface area (Å²) in [6.45, 7) is 4.38. The lowest BCUT2D eigenvalue weighted by Crippen LogP contribution is -2.28. The van der Waals surface area contributed by atoms with Crippen LogP contribution < -0.4 is 0 Å². The SMILES string of the molecule is CC/C=C\CCCC(=O)OC.CCCCC1(C/C=C/C2CCC(=O)C2)CCC1. The molecular weight excluding hydrogens is 348 g/mol. The molecule has 28 heavy (non-hydrogen) atoms. The summed E-state index contributed by atoms with van der Waals surface area (Å²) in [7, 11) is 1.42. The zero-order chi connectivity index (χ0) is 20.7. The Bertz CT molecular complexity index is 500. The first-order valence-electron chi connectivity index (χ1n) is 11.5. The van der Waals surface area contributed by atoms with Gasteiger partial charge in [0, 0.05) is 19.3 Å². The number of ketones is 1. The van der Waals surface area contributed by atoms with Crippen LogP contribution in [0.15, 0.2) is 24.3 Å². The molecule has 3 heteroatoms. The predicted molar refractivity (Wildman–Crippen MR) is 117 cm³/mol. The Morgan fingerprint density at radius 3 is 2.50 bits per heavy atom. The van der Waals surface area contributed by atoms with Crippen molar-refractivity contribution in [3.05, 3.63) is 24.3 Å². The number of unbranched alkanes of at least 4 members (excludes halogenated alkanes) is 2. The van der Waals surface area contributed by atoms with Crippen LogP contribution in [-0.2, 0) is 14.3 Å². The van der Waals surface area contributed by atoms with Crippen LogP contribution in [0.1, 0.15) is 104 Å². The van der Waals surface area contributed by atoms with E-state index in [1.807, 2.05) is 0 Å². The molecule has 0 aliphatic heterocycles. The second-order valence-corrected chi connectivity index (χ2v) is 8.48. The lowest BCUT2D eigenvalue weighted by Gasteiger charge is -2.41. The average molecular weight is 391 g/mol. The maximum atomic E-state index is 11.2. The van der Waals surface area contributed by atoms with Gasteiger partial charge in [0.05, 0.1) is 7.11 Å². The van der Waals surface area contributed by atoms with Crippen LogP contribution >= 0.6 is 0 Å². The molecule has 160 valence electrons.